The third-order valence-corrected chi connectivity index (χ3v) is 4.44. The smallest absolute Gasteiger partial charge is 0.0497 e. The Bertz CT molecular complexity index is 405. The number of nitrogens with two attached hydrogens (primary N) is 1. The van der Waals surface area contributed by atoms with Gasteiger partial charge in [0.25, 0.3) is 0 Å². The van der Waals surface area contributed by atoms with Crippen LogP contribution in [0.5, 0.6) is 0 Å². The van der Waals surface area contributed by atoms with Crippen LogP contribution in [0.15, 0.2) is 24.3 Å². The van der Waals surface area contributed by atoms with Crippen LogP contribution in [0.3, 0.4) is 0 Å². The van der Waals surface area contributed by atoms with Gasteiger partial charge in [0.2, 0.25) is 0 Å². The number of likely N-dealkylation sites (tertiary alicyclic amines) is 1. The van der Waals surface area contributed by atoms with Gasteiger partial charge in [-0.05, 0) is 49.9 Å². The summed E-state index contributed by atoms with van der Waals surface area (Å²) in [4.78, 5) is 2.55. The highest BCUT2D eigenvalue weighted by atomic mass is 35.5. The van der Waals surface area contributed by atoms with Gasteiger partial charge >= 0.3 is 0 Å². The van der Waals surface area contributed by atoms with Crippen LogP contribution in [0.1, 0.15) is 44.7 Å². The Labute approximate surface area is 121 Å². The molecule has 1 saturated heterocycles. The first-order chi connectivity index (χ1) is 9.11. The lowest BCUT2D eigenvalue weighted by atomic mass is 9.91. The summed E-state index contributed by atoms with van der Waals surface area (Å²) < 4.78 is 0. The fourth-order valence-electron chi connectivity index (χ4n) is 3.22. The van der Waals surface area contributed by atoms with E-state index < -0.39 is 0 Å². The number of hydrogen-bond donors (Lipinski definition) is 1. The van der Waals surface area contributed by atoms with E-state index in [1.54, 1.807) is 0 Å². The first-order valence-corrected chi connectivity index (χ1v) is 7.74. The number of hydrogen-bond acceptors (Lipinski definition) is 2. The normalized spacial score (nSPS) is 24.1. The molecule has 1 heterocycles. The molecular formula is C16H25ClN2. The molecule has 2 rings (SSSR count). The molecule has 1 aromatic carbocycles. The van der Waals surface area contributed by atoms with Crippen LogP contribution in [0.25, 0.3) is 0 Å². The minimum atomic E-state index is 0.120. The number of halogens is 1. The van der Waals surface area contributed by atoms with E-state index in [4.69, 9.17) is 17.3 Å². The van der Waals surface area contributed by atoms with Crippen molar-refractivity contribution in [3.05, 3.63) is 34.9 Å². The molecular weight excluding hydrogens is 256 g/mol. The van der Waals surface area contributed by atoms with Gasteiger partial charge in [-0.25, -0.2) is 0 Å². The Morgan fingerprint density at radius 2 is 2.26 bits per heavy atom. The van der Waals surface area contributed by atoms with E-state index >= 15 is 0 Å². The van der Waals surface area contributed by atoms with Crippen molar-refractivity contribution < 1.29 is 0 Å². The van der Waals surface area contributed by atoms with Gasteiger partial charge in [-0.2, -0.15) is 0 Å². The fourth-order valence-corrected chi connectivity index (χ4v) is 3.42. The van der Waals surface area contributed by atoms with Crippen LogP contribution in [-0.2, 0) is 0 Å². The topological polar surface area (TPSA) is 29.3 Å². The Balaban J connectivity index is 2.20. The van der Waals surface area contributed by atoms with E-state index in [0.717, 1.165) is 24.0 Å². The van der Waals surface area contributed by atoms with Gasteiger partial charge < -0.3 is 5.73 Å². The maximum Gasteiger partial charge on any atom is 0.0497 e. The van der Waals surface area contributed by atoms with Crippen LogP contribution in [0, 0.1) is 5.92 Å². The van der Waals surface area contributed by atoms with E-state index in [-0.39, 0.29) is 12.1 Å². The summed E-state index contributed by atoms with van der Waals surface area (Å²) in [6, 6.07) is 8.56. The minimum Gasteiger partial charge on any atom is -0.326 e. The van der Waals surface area contributed by atoms with Crippen molar-refractivity contribution in [3.63, 3.8) is 0 Å². The maximum absolute atomic E-state index is 6.25. The lowest BCUT2D eigenvalue weighted by Gasteiger charge is -2.40. The molecule has 19 heavy (non-hydrogen) atoms. The second-order valence-electron chi connectivity index (χ2n) is 5.77. The number of nitrogens with zero attached hydrogens (tertiary/aromatic N) is 1. The fraction of sp³-hybridized carbons (Fsp3) is 0.625. The molecule has 1 aromatic rings. The number of benzene rings is 1. The molecule has 1 aliphatic rings. The van der Waals surface area contributed by atoms with E-state index in [2.05, 4.69) is 30.9 Å². The Hall–Kier alpha value is -0.570. The Morgan fingerprint density at radius 1 is 1.47 bits per heavy atom. The monoisotopic (exact) mass is 280 g/mol. The third-order valence-electron chi connectivity index (χ3n) is 4.21. The van der Waals surface area contributed by atoms with E-state index in [9.17, 15) is 0 Å². The highest BCUT2D eigenvalue weighted by Crippen LogP contribution is 2.30. The Morgan fingerprint density at radius 3 is 2.89 bits per heavy atom. The van der Waals surface area contributed by atoms with Gasteiger partial charge in [0, 0.05) is 23.7 Å². The molecule has 0 aromatic heterocycles. The van der Waals surface area contributed by atoms with Gasteiger partial charge in [0.15, 0.2) is 0 Å². The lowest BCUT2D eigenvalue weighted by Crippen LogP contribution is -2.44. The molecule has 0 radical (unpaired) electrons. The zero-order valence-corrected chi connectivity index (χ0v) is 12.7. The molecule has 106 valence electrons. The highest BCUT2D eigenvalue weighted by molar-refractivity contribution is 6.30. The van der Waals surface area contributed by atoms with Crippen LogP contribution < -0.4 is 5.73 Å². The first kappa shape index (κ1) is 14.8. The van der Waals surface area contributed by atoms with Crippen molar-refractivity contribution in [2.45, 2.75) is 45.2 Å². The van der Waals surface area contributed by atoms with Gasteiger partial charge in [0.05, 0.1) is 0 Å². The quantitative estimate of drug-likeness (QED) is 0.908. The van der Waals surface area contributed by atoms with Gasteiger partial charge in [-0.3, -0.25) is 4.90 Å². The molecule has 1 fully saturated rings. The maximum atomic E-state index is 6.25. The summed E-state index contributed by atoms with van der Waals surface area (Å²) in [5.41, 5.74) is 7.50. The average Bonchev–Trinajstić information content (AvgIpc) is 2.39. The molecule has 1 aliphatic heterocycles. The van der Waals surface area contributed by atoms with E-state index in [1.165, 1.54) is 24.8 Å². The molecule has 3 unspecified atom stereocenters. The van der Waals surface area contributed by atoms with Crippen molar-refractivity contribution in [2.24, 2.45) is 11.7 Å². The molecule has 0 bridgehead atoms. The second-order valence-corrected chi connectivity index (χ2v) is 6.21. The van der Waals surface area contributed by atoms with E-state index in [1.807, 2.05) is 12.1 Å². The van der Waals surface area contributed by atoms with Crippen molar-refractivity contribution in [1.82, 2.24) is 4.90 Å². The average molecular weight is 281 g/mol. The summed E-state index contributed by atoms with van der Waals surface area (Å²) in [7, 11) is 0. The molecule has 0 saturated carbocycles. The predicted octanol–water partition coefficient (Wildman–Crippen LogP) is 3.85. The summed E-state index contributed by atoms with van der Waals surface area (Å²) in [5.74, 6) is 0.814. The standard InChI is InChI=1S/C16H25ClN2/c1-3-13-6-5-9-19(11-13)16(12(2)18)14-7-4-8-15(17)10-14/h4,7-8,10,12-13,16H,3,5-6,9,11,18H2,1-2H3. The van der Waals surface area contributed by atoms with Crippen molar-refractivity contribution in [1.29, 1.82) is 0 Å². The molecule has 0 aliphatic carbocycles. The summed E-state index contributed by atoms with van der Waals surface area (Å²) >= 11 is 6.13. The van der Waals surface area contributed by atoms with Crippen molar-refractivity contribution >= 4 is 11.6 Å². The summed E-state index contributed by atoms with van der Waals surface area (Å²) in [6.07, 6.45) is 3.90. The van der Waals surface area contributed by atoms with Gasteiger partial charge in [0.1, 0.15) is 0 Å². The van der Waals surface area contributed by atoms with Crippen molar-refractivity contribution in [3.8, 4) is 0 Å². The van der Waals surface area contributed by atoms with Crippen LogP contribution in [0.2, 0.25) is 5.02 Å². The van der Waals surface area contributed by atoms with Gasteiger partial charge in [-0.15, -0.1) is 0 Å². The molecule has 3 heteroatoms. The van der Waals surface area contributed by atoms with Gasteiger partial charge in [-0.1, -0.05) is 37.1 Å². The molecule has 2 N–H and O–H groups in total. The highest BCUT2D eigenvalue weighted by Gasteiger charge is 2.28. The zero-order valence-electron chi connectivity index (χ0n) is 12.0. The third kappa shape index (κ3) is 3.71. The van der Waals surface area contributed by atoms with Crippen LogP contribution in [0.4, 0.5) is 0 Å². The molecule has 3 atom stereocenters. The number of rotatable bonds is 4. The van der Waals surface area contributed by atoms with Crippen LogP contribution >= 0.6 is 11.6 Å². The molecule has 0 spiro atoms. The van der Waals surface area contributed by atoms with Crippen LogP contribution in [-0.4, -0.2) is 24.0 Å². The predicted molar refractivity (Wildman–Crippen MR) is 82.4 cm³/mol. The minimum absolute atomic E-state index is 0.120. The second kappa shape index (κ2) is 6.74. The first-order valence-electron chi connectivity index (χ1n) is 7.37. The SMILES string of the molecule is CCC1CCCN(C(c2cccc(Cl)c2)C(C)N)C1. The Kier molecular flexibility index (Phi) is 5.26. The molecule has 2 nitrogen and oxygen atoms in total. The van der Waals surface area contributed by atoms with E-state index in [0.29, 0.717) is 0 Å². The summed E-state index contributed by atoms with van der Waals surface area (Å²) in [5, 5.41) is 0.798. The largest absolute Gasteiger partial charge is 0.326 e. The lowest BCUT2D eigenvalue weighted by molar-refractivity contribution is 0.108. The van der Waals surface area contributed by atoms with Crippen molar-refractivity contribution in [2.75, 3.05) is 13.1 Å². The zero-order chi connectivity index (χ0) is 13.8. The summed E-state index contributed by atoms with van der Waals surface area (Å²) in [6.45, 7) is 6.69. The molecule has 0 amide bonds. The number of piperidine rings is 1.